The zero-order chi connectivity index (χ0) is 17.2. The van der Waals surface area contributed by atoms with Crippen molar-refractivity contribution in [2.45, 2.75) is 30.7 Å². The molecule has 0 unspecified atom stereocenters. The molecular formula is C15H21FN2O4S. The van der Waals surface area contributed by atoms with Crippen molar-refractivity contribution < 1.29 is 22.7 Å². The Balaban J connectivity index is 2.08. The van der Waals surface area contributed by atoms with E-state index in [9.17, 15) is 17.6 Å². The summed E-state index contributed by atoms with van der Waals surface area (Å²) in [7, 11) is -2.00. The van der Waals surface area contributed by atoms with Gasteiger partial charge in [-0.15, -0.1) is 0 Å². The van der Waals surface area contributed by atoms with Crippen LogP contribution in [0.4, 0.5) is 4.39 Å². The quantitative estimate of drug-likeness (QED) is 0.871. The molecule has 1 fully saturated rings. The molecule has 0 bridgehead atoms. The zero-order valence-corrected chi connectivity index (χ0v) is 14.0. The van der Waals surface area contributed by atoms with Gasteiger partial charge in [-0.3, -0.25) is 9.69 Å². The molecule has 0 atom stereocenters. The fraction of sp³-hybridized carbons (Fsp3) is 0.533. The molecule has 0 saturated carbocycles. The number of piperidine rings is 1. The summed E-state index contributed by atoms with van der Waals surface area (Å²) in [6.07, 6.45) is 1.11. The molecule has 0 spiro atoms. The van der Waals surface area contributed by atoms with E-state index < -0.39 is 21.8 Å². The van der Waals surface area contributed by atoms with Crippen molar-refractivity contribution in [2.75, 3.05) is 26.7 Å². The first-order valence-corrected chi connectivity index (χ1v) is 8.83. The lowest BCUT2D eigenvalue weighted by atomic mass is 10.1. The Morgan fingerprint density at radius 2 is 1.96 bits per heavy atom. The van der Waals surface area contributed by atoms with Crippen molar-refractivity contribution in [3.8, 4) is 0 Å². The van der Waals surface area contributed by atoms with Gasteiger partial charge in [0.1, 0.15) is 5.82 Å². The number of likely N-dealkylation sites (N-methyl/N-ethyl adjacent to an activating group) is 1. The molecule has 1 aliphatic heterocycles. The van der Waals surface area contributed by atoms with Crippen LogP contribution in [0.15, 0.2) is 23.1 Å². The average Bonchev–Trinajstić information content (AvgIpc) is 2.45. The molecule has 0 radical (unpaired) electrons. The molecule has 8 heteroatoms. The standard InChI is InChI=1S/C15H21FN2O4S/c1-11-7-12(16)9-14(8-11)23(21,22)18-5-3-13(4-6-18)17(2)10-15(19)20/h7-9,13H,3-6,10H2,1-2H3,(H,19,20). The van der Waals surface area contributed by atoms with Gasteiger partial charge in [0.05, 0.1) is 11.4 Å². The molecular weight excluding hydrogens is 323 g/mol. The van der Waals surface area contributed by atoms with Crippen LogP contribution >= 0.6 is 0 Å². The highest BCUT2D eigenvalue weighted by molar-refractivity contribution is 7.89. The van der Waals surface area contributed by atoms with E-state index in [2.05, 4.69) is 0 Å². The number of carboxylic acid groups (broad SMARTS) is 1. The highest BCUT2D eigenvalue weighted by atomic mass is 32.2. The van der Waals surface area contributed by atoms with E-state index in [-0.39, 0.29) is 17.5 Å². The number of carbonyl (C=O) groups is 1. The Morgan fingerprint density at radius 3 is 2.48 bits per heavy atom. The van der Waals surface area contributed by atoms with Crippen molar-refractivity contribution in [2.24, 2.45) is 0 Å². The first-order valence-electron chi connectivity index (χ1n) is 7.39. The third-order valence-corrected chi connectivity index (χ3v) is 5.96. The number of hydrogen-bond donors (Lipinski definition) is 1. The third-order valence-electron chi connectivity index (χ3n) is 4.08. The number of sulfonamides is 1. The predicted molar refractivity (Wildman–Crippen MR) is 83.2 cm³/mol. The minimum absolute atomic E-state index is 0.0341. The van der Waals surface area contributed by atoms with Crippen LogP contribution in [0.1, 0.15) is 18.4 Å². The minimum Gasteiger partial charge on any atom is -0.480 e. The molecule has 6 nitrogen and oxygen atoms in total. The van der Waals surface area contributed by atoms with Crippen molar-refractivity contribution >= 4 is 16.0 Å². The Bertz CT molecular complexity index is 664. The highest BCUT2D eigenvalue weighted by Crippen LogP contribution is 2.24. The number of rotatable bonds is 5. The van der Waals surface area contributed by atoms with Gasteiger partial charge in [0.25, 0.3) is 0 Å². The molecule has 1 aromatic carbocycles. The van der Waals surface area contributed by atoms with E-state index in [0.717, 1.165) is 6.07 Å². The summed E-state index contributed by atoms with van der Waals surface area (Å²) < 4.78 is 40.0. The van der Waals surface area contributed by atoms with Crippen LogP contribution in [0.5, 0.6) is 0 Å². The molecule has 0 aliphatic carbocycles. The fourth-order valence-electron chi connectivity index (χ4n) is 2.87. The fourth-order valence-corrected chi connectivity index (χ4v) is 4.45. The van der Waals surface area contributed by atoms with Crippen LogP contribution in [-0.4, -0.2) is 61.4 Å². The van der Waals surface area contributed by atoms with Crippen molar-refractivity contribution in [1.29, 1.82) is 0 Å². The van der Waals surface area contributed by atoms with Crippen molar-refractivity contribution in [3.05, 3.63) is 29.6 Å². The lowest BCUT2D eigenvalue weighted by Gasteiger charge is -2.35. The Hall–Kier alpha value is -1.51. The summed E-state index contributed by atoms with van der Waals surface area (Å²) in [6, 6.07) is 3.81. The second-order valence-electron chi connectivity index (χ2n) is 5.91. The minimum atomic E-state index is -3.72. The summed E-state index contributed by atoms with van der Waals surface area (Å²) >= 11 is 0. The molecule has 23 heavy (non-hydrogen) atoms. The molecule has 1 heterocycles. The number of nitrogens with zero attached hydrogens (tertiary/aromatic N) is 2. The first kappa shape index (κ1) is 17.8. The maximum absolute atomic E-state index is 13.5. The first-order chi connectivity index (χ1) is 10.7. The molecule has 0 aromatic heterocycles. The van der Waals surface area contributed by atoms with Crippen LogP contribution in [0.25, 0.3) is 0 Å². The maximum atomic E-state index is 13.5. The molecule has 2 rings (SSSR count). The lowest BCUT2D eigenvalue weighted by Crippen LogP contribution is -2.46. The molecule has 1 saturated heterocycles. The molecule has 1 aliphatic rings. The van der Waals surface area contributed by atoms with Gasteiger partial charge in [0, 0.05) is 19.1 Å². The summed E-state index contributed by atoms with van der Waals surface area (Å²) in [4.78, 5) is 12.4. The summed E-state index contributed by atoms with van der Waals surface area (Å²) in [5.74, 6) is -1.47. The van der Waals surface area contributed by atoms with Gasteiger partial charge in [-0.25, -0.2) is 12.8 Å². The van der Waals surface area contributed by atoms with Crippen molar-refractivity contribution in [1.82, 2.24) is 9.21 Å². The average molecular weight is 344 g/mol. The Morgan fingerprint density at radius 1 is 1.35 bits per heavy atom. The third kappa shape index (κ3) is 4.27. The maximum Gasteiger partial charge on any atom is 0.317 e. The number of hydrogen-bond acceptors (Lipinski definition) is 4. The SMILES string of the molecule is Cc1cc(F)cc(S(=O)(=O)N2CCC(N(C)CC(=O)O)CC2)c1. The molecule has 0 amide bonds. The summed E-state index contributed by atoms with van der Waals surface area (Å²) in [5.41, 5.74) is 0.555. The topological polar surface area (TPSA) is 77.9 Å². The van der Waals surface area contributed by atoms with Gasteiger partial charge in [0.15, 0.2) is 0 Å². The molecule has 128 valence electrons. The van der Waals surface area contributed by atoms with Gasteiger partial charge >= 0.3 is 5.97 Å². The van der Waals surface area contributed by atoms with Gasteiger partial charge in [-0.1, -0.05) is 0 Å². The smallest absolute Gasteiger partial charge is 0.317 e. The largest absolute Gasteiger partial charge is 0.480 e. The highest BCUT2D eigenvalue weighted by Gasteiger charge is 2.31. The number of carboxylic acids is 1. The second-order valence-corrected chi connectivity index (χ2v) is 7.85. The summed E-state index contributed by atoms with van der Waals surface area (Å²) in [5, 5.41) is 8.81. The Kier molecular flexibility index (Phi) is 5.38. The number of aryl methyl sites for hydroxylation is 1. The zero-order valence-electron chi connectivity index (χ0n) is 13.2. The summed E-state index contributed by atoms with van der Waals surface area (Å²) in [6.45, 7) is 2.18. The van der Waals surface area contributed by atoms with E-state index in [1.165, 1.54) is 16.4 Å². The van der Waals surface area contributed by atoms with E-state index in [1.54, 1.807) is 18.9 Å². The number of halogens is 1. The lowest BCUT2D eigenvalue weighted by molar-refractivity contribution is -0.138. The number of benzene rings is 1. The van der Waals surface area contributed by atoms with Crippen LogP contribution in [-0.2, 0) is 14.8 Å². The van der Waals surface area contributed by atoms with Crippen LogP contribution in [0.2, 0.25) is 0 Å². The van der Waals surface area contributed by atoms with Gasteiger partial charge in [-0.05, 0) is 50.6 Å². The normalized spacial score (nSPS) is 17.6. The monoisotopic (exact) mass is 344 g/mol. The van der Waals surface area contributed by atoms with Crippen LogP contribution in [0.3, 0.4) is 0 Å². The van der Waals surface area contributed by atoms with E-state index in [0.29, 0.717) is 31.5 Å². The van der Waals surface area contributed by atoms with E-state index in [1.807, 2.05) is 0 Å². The molecule has 1 N–H and O–H groups in total. The van der Waals surface area contributed by atoms with Gasteiger partial charge in [-0.2, -0.15) is 4.31 Å². The van der Waals surface area contributed by atoms with E-state index >= 15 is 0 Å². The Labute approximate surface area is 135 Å². The van der Waals surface area contributed by atoms with Gasteiger partial charge < -0.3 is 5.11 Å². The predicted octanol–water partition coefficient (Wildman–Crippen LogP) is 1.30. The number of aliphatic carboxylic acids is 1. The van der Waals surface area contributed by atoms with Crippen LogP contribution < -0.4 is 0 Å². The van der Waals surface area contributed by atoms with Crippen molar-refractivity contribution in [3.63, 3.8) is 0 Å². The second kappa shape index (κ2) is 6.94. The van der Waals surface area contributed by atoms with E-state index in [4.69, 9.17) is 5.11 Å². The molecule has 1 aromatic rings. The van der Waals surface area contributed by atoms with Gasteiger partial charge in [0.2, 0.25) is 10.0 Å². The van der Waals surface area contributed by atoms with Crippen LogP contribution in [0, 0.1) is 12.7 Å².